The van der Waals surface area contributed by atoms with Crippen molar-refractivity contribution >= 4 is 5.97 Å². The molecule has 0 bridgehead atoms. The molecule has 1 heterocycles. The third kappa shape index (κ3) is 3.58. The van der Waals surface area contributed by atoms with Gasteiger partial charge in [-0.1, -0.05) is 13.3 Å². The molecule has 16 heavy (non-hydrogen) atoms. The van der Waals surface area contributed by atoms with Crippen LogP contribution in [0.15, 0.2) is 0 Å². The van der Waals surface area contributed by atoms with Gasteiger partial charge in [-0.2, -0.15) is 0 Å². The van der Waals surface area contributed by atoms with Gasteiger partial charge in [0.15, 0.2) is 5.82 Å². The van der Waals surface area contributed by atoms with Gasteiger partial charge < -0.3 is 5.11 Å². The van der Waals surface area contributed by atoms with Gasteiger partial charge in [-0.05, 0) is 23.8 Å². The molecule has 2 N–H and O–H groups in total. The molecule has 0 aliphatic heterocycles. The molecule has 0 spiro atoms. The van der Waals surface area contributed by atoms with E-state index in [1.54, 1.807) is 11.6 Å². The number of aryl methyl sites for hydroxylation is 1. The third-order valence-electron chi connectivity index (χ3n) is 2.27. The summed E-state index contributed by atoms with van der Waals surface area (Å²) in [6.45, 7) is 4.81. The van der Waals surface area contributed by atoms with Crippen LogP contribution in [-0.2, 0) is 17.9 Å². The van der Waals surface area contributed by atoms with Crippen LogP contribution in [0.1, 0.15) is 32.5 Å². The fraction of sp³-hybridized carbons (Fsp3) is 0.778. The monoisotopic (exact) mass is 227 g/mol. The predicted octanol–water partition coefficient (Wildman–Crippen LogP) is 0.0359. The Morgan fingerprint density at radius 2 is 2.38 bits per heavy atom. The van der Waals surface area contributed by atoms with E-state index in [2.05, 4.69) is 27.8 Å². The Balaban J connectivity index is 2.47. The molecule has 1 atom stereocenters. The maximum atomic E-state index is 10.6. The number of aromatic nitrogens is 4. The molecule has 7 nitrogen and oxygen atoms in total. The van der Waals surface area contributed by atoms with Gasteiger partial charge in [-0.15, -0.1) is 5.10 Å². The summed E-state index contributed by atoms with van der Waals surface area (Å²) in [5.41, 5.74) is 0. The summed E-state index contributed by atoms with van der Waals surface area (Å²) in [6, 6.07) is -0.601. The fourth-order valence-corrected chi connectivity index (χ4v) is 1.16. The molecule has 1 aromatic heterocycles. The first-order valence-electron chi connectivity index (χ1n) is 5.36. The van der Waals surface area contributed by atoms with Crippen LogP contribution in [0.25, 0.3) is 0 Å². The van der Waals surface area contributed by atoms with Gasteiger partial charge in [0, 0.05) is 6.54 Å². The highest BCUT2D eigenvalue weighted by molar-refractivity contribution is 5.72. The summed E-state index contributed by atoms with van der Waals surface area (Å²) < 4.78 is 1.70. The number of nitrogens with zero attached hydrogens (tertiary/aromatic N) is 4. The Bertz CT molecular complexity index is 338. The molecule has 0 fully saturated rings. The lowest BCUT2D eigenvalue weighted by Gasteiger charge is -2.08. The molecule has 1 unspecified atom stereocenters. The molecule has 0 aliphatic carbocycles. The largest absolute Gasteiger partial charge is 0.480 e. The lowest BCUT2D eigenvalue weighted by Crippen LogP contribution is -2.34. The zero-order chi connectivity index (χ0) is 12.0. The van der Waals surface area contributed by atoms with E-state index in [0.29, 0.717) is 12.4 Å². The molecular weight excluding hydrogens is 210 g/mol. The molecule has 0 saturated carbocycles. The summed E-state index contributed by atoms with van der Waals surface area (Å²) in [6.07, 6.45) is 2.07. The van der Waals surface area contributed by atoms with Gasteiger partial charge in [-0.25, -0.2) is 4.68 Å². The Labute approximate surface area is 93.8 Å². The van der Waals surface area contributed by atoms with Gasteiger partial charge in [0.05, 0.1) is 6.54 Å². The van der Waals surface area contributed by atoms with Crippen LogP contribution in [0.3, 0.4) is 0 Å². The second-order valence-corrected chi connectivity index (χ2v) is 3.61. The summed E-state index contributed by atoms with van der Waals surface area (Å²) in [7, 11) is 0. The van der Waals surface area contributed by atoms with Gasteiger partial charge in [0.25, 0.3) is 0 Å². The first-order valence-corrected chi connectivity index (χ1v) is 5.36. The zero-order valence-corrected chi connectivity index (χ0v) is 9.55. The quantitative estimate of drug-likeness (QED) is 0.683. The fourth-order valence-electron chi connectivity index (χ4n) is 1.16. The molecule has 7 heteroatoms. The number of tetrazole rings is 1. The highest BCUT2D eigenvalue weighted by atomic mass is 16.4. The van der Waals surface area contributed by atoms with Gasteiger partial charge in [0.2, 0.25) is 0 Å². The van der Waals surface area contributed by atoms with Crippen molar-refractivity contribution in [3.63, 3.8) is 0 Å². The molecule has 1 aromatic rings. The summed E-state index contributed by atoms with van der Waals surface area (Å²) in [5, 5.41) is 22.8. The van der Waals surface area contributed by atoms with Crippen LogP contribution in [0.2, 0.25) is 0 Å². The average molecular weight is 227 g/mol. The number of rotatable bonds is 7. The summed E-state index contributed by atoms with van der Waals surface area (Å²) in [4.78, 5) is 10.6. The molecule has 0 aromatic carbocycles. The third-order valence-corrected chi connectivity index (χ3v) is 2.27. The lowest BCUT2D eigenvalue weighted by atomic mass is 10.3. The number of aliphatic carboxylic acids is 1. The van der Waals surface area contributed by atoms with Crippen molar-refractivity contribution in [2.24, 2.45) is 0 Å². The van der Waals surface area contributed by atoms with Crippen LogP contribution in [0, 0.1) is 0 Å². The Hall–Kier alpha value is -1.50. The zero-order valence-electron chi connectivity index (χ0n) is 9.55. The number of carbonyl (C=O) groups is 1. The molecular formula is C9H17N5O2. The van der Waals surface area contributed by atoms with Gasteiger partial charge >= 0.3 is 5.97 Å². The maximum absolute atomic E-state index is 10.6. The van der Waals surface area contributed by atoms with Crippen LogP contribution < -0.4 is 5.32 Å². The number of hydrogen-bond acceptors (Lipinski definition) is 5. The van der Waals surface area contributed by atoms with E-state index >= 15 is 0 Å². The first kappa shape index (κ1) is 12.6. The van der Waals surface area contributed by atoms with E-state index in [0.717, 1.165) is 19.4 Å². The molecule has 0 saturated heterocycles. The highest BCUT2D eigenvalue weighted by Crippen LogP contribution is 1.97. The van der Waals surface area contributed by atoms with Crippen LogP contribution in [0.5, 0.6) is 0 Å². The van der Waals surface area contributed by atoms with E-state index in [1.165, 1.54) is 0 Å². The molecule has 0 amide bonds. The molecule has 90 valence electrons. The molecule has 0 aliphatic rings. The number of unbranched alkanes of at least 4 members (excludes halogenated alkanes) is 1. The Kier molecular flexibility index (Phi) is 4.84. The van der Waals surface area contributed by atoms with Crippen molar-refractivity contribution in [2.75, 3.05) is 0 Å². The van der Waals surface area contributed by atoms with Crippen LogP contribution in [0.4, 0.5) is 0 Å². The Morgan fingerprint density at radius 1 is 1.62 bits per heavy atom. The minimum Gasteiger partial charge on any atom is -0.480 e. The number of carboxylic acids is 1. The van der Waals surface area contributed by atoms with E-state index < -0.39 is 12.0 Å². The minimum absolute atomic E-state index is 0.365. The van der Waals surface area contributed by atoms with Crippen molar-refractivity contribution < 1.29 is 9.90 Å². The minimum atomic E-state index is -0.882. The summed E-state index contributed by atoms with van der Waals surface area (Å²) in [5.74, 6) is -0.214. The van der Waals surface area contributed by atoms with Crippen LogP contribution in [-0.4, -0.2) is 37.3 Å². The number of carboxylic acid groups (broad SMARTS) is 1. The smallest absolute Gasteiger partial charge is 0.320 e. The second-order valence-electron chi connectivity index (χ2n) is 3.61. The predicted molar refractivity (Wildman–Crippen MR) is 56.7 cm³/mol. The van der Waals surface area contributed by atoms with E-state index in [9.17, 15) is 4.79 Å². The molecule has 0 radical (unpaired) electrons. The number of hydrogen-bond donors (Lipinski definition) is 2. The average Bonchev–Trinajstić information content (AvgIpc) is 2.70. The van der Waals surface area contributed by atoms with Crippen molar-refractivity contribution in [3.05, 3.63) is 5.82 Å². The topological polar surface area (TPSA) is 92.9 Å². The SMILES string of the molecule is CCCCn1nnnc1CNC(C)C(=O)O. The highest BCUT2D eigenvalue weighted by Gasteiger charge is 2.12. The molecule has 1 rings (SSSR count). The van der Waals surface area contributed by atoms with E-state index in [-0.39, 0.29) is 0 Å². The van der Waals surface area contributed by atoms with Gasteiger partial charge in [0.1, 0.15) is 6.04 Å². The van der Waals surface area contributed by atoms with Crippen molar-refractivity contribution in [1.82, 2.24) is 25.5 Å². The second kappa shape index (κ2) is 6.16. The maximum Gasteiger partial charge on any atom is 0.320 e. The standard InChI is InChI=1S/C9H17N5O2/c1-3-4-5-14-8(11-12-13-14)6-10-7(2)9(15)16/h7,10H,3-6H2,1-2H3,(H,15,16). The Morgan fingerprint density at radius 3 is 3.00 bits per heavy atom. The summed E-state index contributed by atoms with van der Waals surface area (Å²) >= 11 is 0. The van der Waals surface area contributed by atoms with Crippen LogP contribution >= 0.6 is 0 Å². The van der Waals surface area contributed by atoms with Crippen molar-refractivity contribution in [2.45, 2.75) is 45.8 Å². The van der Waals surface area contributed by atoms with Gasteiger partial charge in [-0.3, -0.25) is 10.1 Å². The first-order chi connectivity index (χ1) is 7.65. The lowest BCUT2D eigenvalue weighted by molar-refractivity contribution is -0.139. The van der Waals surface area contributed by atoms with Crippen molar-refractivity contribution in [1.29, 1.82) is 0 Å². The van der Waals surface area contributed by atoms with E-state index in [4.69, 9.17) is 5.11 Å². The van der Waals surface area contributed by atoms with E-state index in [1.807, 2.05) is 0 Å². The van der Waals surface area contributed by atoms with Crippen molar-refractivity contribution in [3.8, 4) is 0 Å². The normalized spacial score (nSPS) is 12.6. The number of nitrogens with one attached hydrogen (secondary N) is 1.